The van der Waals surface area contributed by atoms with E-state index >= 15 is 0 Å². The molecule has 0 nitrogen and oxygen atoms in total. The second kappa shape index (κ2) is 9.87. The van der Waals surface area contributed by atoms with Crippen LogP contribution in [-0.4, -0.2) is 6.26 Å². The maximum Gasteiger partial charge on any atom is -0.00237 e. The van der Waals surface area contributed by atoms with Gasteiger partial charge >= 0.3 is 0 Å². The number of hydrogen-bond donors (Lipinski definition) is 0. The molecule has 0 saturated heterocycles. The first-order valence-electron chi connectivity index (χ1n) is 12.4. The van der Waals surface area contributed by atoms with Gasteiger partial charge in [-0.3, -0.25) is 0 Å². The van der Waals surface area contributed by atoms with Crippen LogP contribution in [-0.2, 0) is 10.8 Å². The van der Waals surface area contributed by atoms with Crippen molar-refractivity contribution < 1.29 is 0 Å². The molecule has 2 aromatic carbocycles. The van der Waals surface area contributed by atoms with Gasteiger partial charge in [0, 0.05) is 0 Å². The molecule has 182 valence electrons. The Labute approximate surface area is 206 Å². The van der Waals surface area contributed by atoms with Crippen LogP contribution >= 0.6 is 10.0 Å². The minimum absolute atomic E-state index is 0.161. The maximum absolute atomic E-state index is 2.49. The van der Waals surface area contributed by atoms with Crippen LogP contribution in [0.2, 0.25) is 0 Å². The van der Waals surface area contributed by atoms with Crippen LogP contribution in [0.15, 0.2) is 81.0 Å². The summed E-state index contributed by atoms with van der Waals surface area (Å²) in [4.78, 5) is 4.40. The van der Waals surface area contributed by atoms with Crippen LogP contribution in [0.5, 0.6) is 0 Å². The van der Waals surface area contributed by atoms with Gasteiger partial charge in [0.1, 0.15) is 0 Å². The first-order valence-corrected chi connectivity index (χ1v) is 14.4. The summed E-state index contributed by atoms with van der Waals surface area (Å²) in [5.41, 5.74) is 4.71. The lowest BCUT2D eigenvalue weighted by molar-refractivity contribution is 0.504. The monoisotopic (exact) mass is 464 g/mol. The SMILES string of the molecule is CC/C(=C\C=C(/C)C(C)(C)C)S(C)(c1ccc(C(C)(C)C)cc1)c1ccc(C(C)(C)C)cc1. The Morgan fingerprint density at radius 2 is 1.03 bits per heavy atom. The van der Waals surface area contributed by atoms with Crippen molar-refractivity contribution in [3.05, 3.63) is 82.3 Å². The highest BCUT2D eigenvalue weighted by Crippen LogP contribution is 2.66. The van der Waals surface area contributed by atoms with Gasteiger partial charge in [-0.1, -0.05) is 111 Å². The molecule has 0 amide bonds. The lowest BCUT2D eigenvalue weighted by atomic mass is 9.87. The predicted octanol–water partition coefficient (Wildman–Crippen LogP) is 10.4. The van der Waals surface area contributed by atoms with Crippen molar-refractivity contribution in [3.63, 3.8) is 0 Å². The highest BCUT2D eigenvalue weighted by atomic mass is 32.3. The van der Waals surface area contributed by atoms with Crippen LogP contribution in [0, 0.1) is 5.41 Å². The van der Waals surface area contributed by atoms with E-state index in [0.717, 1.165) is 6.42 Å². The summed E-state index contributed by atoms with van der Waals surface area (Å²) in [6.45, 7) is 25.2. The zero-order chi connectivity index (χ0) is 25.2. The van der Waals surface area contributed by atoms with E-state index in [1.165, 1.54) is 31.4 Å². The van der Waals surface area contributed by atoms with Gasteiger partial charge in [0.05, 0.1) is 0 Å². The summed E-state index contributed by atoms with van der Waals surface area (Å²) in [5, 5.41) is 0. The Morgan fingerprint density at radius 3 is 1.30 bits per heavy atom. The Morgan fingerprint density at radius 1 is 0.667 bits per heavy atom. The van der Waals surface area contributed by atoms with E-state index in [4.69, 9.17) is 0 Å². The summed E-state index contributed by atoms with van der Waals surface area (Å²) < 4.78 is 0. The largest absolute Gasteiger partial charge is 0.167 e. The van der Waals surface area contributed by atoms with E-state index in [0.29, 0.717) is 0 Å². The summed E-state index contributed by atoms with van der Waals surface area (Å²) in [6.07, 6.45) is 8.31. The first kappa shape index (κ1) is 27.5. The molecule has 0 N–H and O–H groups in total. The smallest absolute Gasteiger partial charge is 0.00237 e. The minimum atomic E-state index is -1.34. The molecule has 0 aliphatic heterocycles. The molecule has 1 heteroatoms. The van der Waals surface area contributed by atoms with Crippen molar-refractivity contribution in [1.82, 2.24) is 0 Å². The van der Waals surface area contributed by atoms with Gasteiger partial charge in [0.15, 0.2) is 0 Å². The van der Waals surface area contributed by atoms with E-state index in [-0.39, 0.29) is 16.2 Å². The Bertz CT molecular complexity index is 921. The van der Waals surface area contributed by atoms with Gasteiger partial charge in [-0.05, 0) is 85.9 Å². The third-order valence-electron chi connectivity index (χ3n) is 6.96. The molecular weight excluding hydrogens is 416 g/mol. The minimum Gasteiger partial charge on any atom is -0.167 e. The van der Waals surface area contributed by atoms with E-state index in [1.54, 1.807) is 0 Å². The van der Waals surface area contributed by atoms with E-state index in [1.807, 2.05) is 0 Å². The van der Waals surface area contributed by atoms with Crippen LogP contribution in [0.25, 0.3) is 0 Å². The fourth-order valence-electron chi connectivity index (χ4n) is 3.90. The number of benzene rings is 2. The van der Waals surface area contributed by atoms with Crippen molar-refractivity contribution >= 4 is 10.0 Å². The van der Waals surface area contributed by atoms with Crippen molar-refractivity contribution in [1.29, 1.82) is 0 Å². The van der Waals surface area contributed by atoms with Gasteiger partial charge in [0.25, 0.3) is 0 Å². The molecule has 0 spiro atoms. The second-order valence-corrected chi connectivity index (χ2v) is 15.9. The quantitative estimate of drug-likeness (QED) is 0.386. The molecule has 0 heterocycles. The number of allylic oxidation sites excluding steroid dienone is 4. The molecular formula is C32H48S. The molecule has 0 aliphatic carbocycles. The molecule has 0 unspecified atom stereocenters. The summed E-state index contributed by atoms with van der Waals surface area (Å²) in [7, 11) is -1.34. The van der Waals surface area contributed by atoms with Crippen LogP contribution in [0.4, 0.5) is 0 Å². The third-order valence-corrected chi connectivity index (χ3v) is 10.9. The molecule has 0 aliphatic rings. The number of rotatable bonds is 5. The molecule has 0 saturated carbocycles. The fraction of sp³-hybridized carbons (Fsp3) is 0.500. The lowest BCUT2D eigenvalue weighted by Crippen LogP contribution is -2.12. The molecule has 33 heavy (non-hydrogen) atoms. The summed E-state index contributed by atoms with van der Waals surface area (Å²) in [6, 6.07) is 18.9. The zero-order valence-electron chi connectivity index (χ0n) is 23.4. The lowest BCUT2D eigenvalue weighted by Gasteiger charge is -2.40. The fourth-order valence-corrected chi connectivity index (χ4v) is 7.06. The van der Waals surface area contributed by atoms with E-state index in [2.05, 4.69) is 143 Å². The van der Waals surface area contributed by atoms with Crippen LogP contribution in [0.3, 0.4) is 0 Å². The molecule has 2 rings (SSSR count). The third kappa shape index (κ3) is 6.44. The number of hydrogen-bond acceptors (Lipinski definition) is 0. The van der Waals surface area contributed by atoms with Crippen LogP contribution in [0.1, 0.15) is 93.7 Å². The van der Waals surface area contributed by atoms with Gasteiger partial charge < -0.3 is 0 Å². The first-order chi connectivity index (χ1) is 15.0. The molecule has 0 bridgehead atoms. The van der Waals surface area contributed by atoms with E-state index < -0.39 is 10.0 Å². The molecule has 0 radical (unpaired) electrons. The van der Waals surface area contributed by atoms with Gasteiger partial charge in [-0.2, -0.15) is 10.0 Å². The van der Waals surface area contributed by atoms with Gasteiger partial charge in [-0.25, -0.2) is 0 Å². The standard InChI is InChI=1S/C32H48S/c1-13-27(19-14-24(2)30(3,4)5)33(12,28-20-15-25(16-21-28)31(6,7)8)29-22-17-26(18-23-29)32(9,10)11/h14-23H,13H2,1-12H3/b24-14+,27-19+. The van der Waals surface area contributed by atoms with Crippen LogP contribution < -0.4 is 0 Å². The van der Waals surface area contributed by atoms with Gasteiger partial charge in [0.2, 0.25) is 0 Å². The topological polar surface area (TPSA) is 0 Å². The van der Waals surface area contributed by atoms with Crippen molar-refractivity contribution in [3.8, 4) is 0 Å². The normalized spacial score (nSPS) is 15.0. The second-order valence-electron chi connectivity index (χ2n) is 12.6. The highest BCUT2D eigenvalue weighted by molar-refractivity contribution is 8.36. The molecule has 0 aromatic heterocycles. The van der Waals surface area contributed by atoms with Crippen molar-refractivity contribution in [2.75, 3.05) is 6.26 Å². The molecule has 2 aromatic rings. The average molecular weight is 465 g/mol. The molecule has 0 fully saturated rings. The summed E-state index contributed by atoms with van der Waals surface area (Å²) >= 11 is 0. The molecule has 0 atom stereocenters. The van der Waals surface area contributed by atoms with Crippen molar-refractivity contribution in [2.45, 2.75) is 103 Å². The highest BCUT2D eigenvalue weighted by Gasteiger charge is 2.28. The summed E-state index contributed by atoms with van der Waals surface area (Å²) in [5.74, 6) is 0. The predicted molar refractivity (Wildman–Crippen MR) is 152 cm³/mol. The average Bonchev–Trinajstić information content (AvgIpc) is 2.72. The maximum atomic E-state index is 2.49. The van der Waals surface area contributed by atoms with Gasteiger partial charge in [-0.15, -0.1) is 0 Å². The Balaban J connectivity index is 2.72. The van der Waals surface area contributed by atoms with Crippen molar-refractivity contribution in [2.24, 2.45) is 5.41 Å². The zero-order valence-corrected chi connectivity index (χ0v) is 24.2. The van der Waals surface area contributed by atoms with E-state index in [9.17, 15) is 0 Å². The Hall–Kier alpha value is -1.73. The Kier molecular flexibility index (Phi) is 8.23.